The Labute approximate surface area is 196 Å². The average Bonchev–Trinajstić information content (AvgIpc) is 3.29. The molecule has 1 aliphatic heterocycles. The van der Waals surface area contributed by atoms with Gasteiger partial charge in [0, 0.05) is 36.0 Å². The molecule has 0 radical (unpaired) electrons. The van der Waals surface area contributed by atoms with Gasteiger partial charge in [-0.05, 0) is 61.8 Å². The molecule has 0 aliphatic carbocycles. The van der Waals surface area contributed by atoms with Crippen molar-refractivity contribution in [1.29, 1.82) is 0 Å². The average molecular weight is 464 g/mol. The van der Waals surface area contributed by atoms with E-state index in [2.05, 4.69) is 10.3 Å². The van der Waals surface area contributed by atoms with Crippen LogP contribution in [0.5, 0.6) is 5.88 Å². The van der Waals surface area contributed by atoms with Gasteiger partial charge in [-0.25, -0.2) is 0 Å². The highest BCUT2D eigenvalue weighted by atomic mass is 32.1. The SMILES string of the molecule is Cc1cccc(NC(=O)CCCCCn2c(O)c(/C=C3\C=Nc4ccccc43)sc2=S)c1. The van der Waals surface area contributed by atoms with Gasteiger partial charge in [-0.2, -0.15) is 0 Å². The van der Waals surface area contributed by atoms with Gasteiger partial charge in [0.2, 0.25) is 11.8 Å². The summed E-state index contributed by atoms with van der Waals surface area (Å²) in [5.41, 5.74) is 4.92. The number of nitrogens with one attached hydrogen (secondary N) is 1. The zero-order chi connectivity index (χ0) is 22.5. The largest absolute Gasteiger partial charge is 0.493 e. The van der Waals surface area contributed by atoms with Gasteiger partial charge in [-0.3, -0.25) is 14.4 Å². The Hall–Kier alpha value is -3.03. The van der Waals surface area contributed by atoms with E-state index in [1.165, 1.54) is 11.3 Å². The second-order valence-electron chi connectivity index (χ2n) is 7.81. The van der Waals surface area contributed by atoms with Crippen molar-refractivity contribution in [3.05, 3.63) is 68.5 Å². The molecule has 5 nitrogen and oxygen atoms in total. The van der Waals surface area contributed by atoms with Crippen molar-refractivity contribution in [3.63, 3.8) is 0 Å². The van der Waals surface area contributed by atoms with Crippen molar-refractivity contribution in [2.24, 2.45) is 4.99 Å². The third-order valence-electron chi connectivity index (χ3n) is 5.33. The van der Waals surface area contributed by atoms with Crippen LogP contribution in [0.25, 0.3) is 11.6 Å². The standard InChI is InChI=1S/C25H25N3O2S2/c1-17-8-7-9-19(14-17)27-23(29)12-3-2-6-13-28-24(30)22(32-25(28)31)15-18-16-26-21-11-5-4-10-20(18)21/h4-5,7-11,14-16,30H,2-3,6,12-13H2,1H3,(H,27,29)/b18-15+. The lowest BCUT2D eigenvalue weighted by Gasteiger charge is -2.07. The summed E-state index contributed by atoms with van der Waals surface area (Å²) in [6.07, 6.45) is 6.76. The summed E-state index contributed by atoms with van der Waals surface area (Å²) in [6.45, 7) is 2.64. The first-order valence-electron chi connectivity index (χ1n) is 10.7. The van der Waals surface area contributed by atoms with Crippen LogP contribution in [-0.4, -0.2) is 21.8 Å². The maximum absolute atomic E-state index is 12.1. The van der Waals surface area contributed by atoms with Gasteiger partial charge in [0.1, 0.15) is 0 Å². The number of nitrogens with zero attached hydrogens (tertiary/aromatic N) is 2. The number of thiazole rings is 1. The number of carbonyl (C=O) groups is 1. The molecule has 4 rings (SSSR count). The molecule has 1 amide bonds. The van der Waals surface area contributed by atoms with E-state index < -0.39 is 0 Å². The maximum atomic E-state index is 12.1. The Bertz CT molecular complexity index is 1250. The molecule has 1 aliphatic rings. The molecule has 0 saturated carbocycles. The lowest BCUT2D eigenvalue weighted by atomic mass is 10.1. The molecule has 2 N–H and O–H groups in total. The number of aliphatic imine (C=N–C) groups is 1. The second-order valence-corrected chi connectivity index (χ2v) is 9.49. The van der Waals surface area contributed by atoms with Crippen LogP contribution in [0.1, 0.15) is 41.7 Å². The summed E-state index contributed by atoms with van der Waals surface area (Å²) >= 11 is 6.88. The van der Waals surface area contributed by atoms with Gasteiger partial charge in [0.25, 0.3) is 0 Å². The maximum Gasteiger partial charge on any atom is 0.224 e. The number of allylic oxidation sites excluding steroid dienone is 1. The van der Waals surface area contributed by atoms with Gasteiger partial charge in [0.05, 0.1) is 10.6 Å². The number of hydrogen-bond acceptors (Lipinski definition) is 5. The molecule has 7 heteroatoms. The first-order valence-corrected chi connectivity index (χ1v) is 11.9. The van der Waals surface area contributed by atoms with Crippen LogP contribution < -0.4 is 5.32 Å². The number of carbonyl (C=O) groups excluding carboxylic acids is 1. The van der Waals surface area contributed by atoms with Crippen molar-refractivity contribution in [1.82, 2.24) is 4.57 Å². The van der Waals surface area contributed by atoms with Crippen LogP contribution in [0.3, 0.4) is 0 Å². The molecule has 3 aromatic rings. The number of aromatic hydroxyl groups is 1. The fraction of sp³-hybridized carbons (Fsp3) is 0.240. The first-order chi connectivity index (χ1) is 15.5. The van der Waals surface area contributed by atoms with Crippen molar-refractivity contribution in [2.75, 3.05) is 5.32 Å². The second kappa shape index (κ2) is 10.1. The number of rotatable bonds is 8. The minimum Gasteiger partial charge on any atom is -0.493 e. The highest BCUT2D eigenvalue weighted by Crippen LogP contribution is 2.35. The van der Waals surface area contributed by atoms with Crippen LogP contribution in [0.15, 0.2) is 53.5 Å². The van der Waals surface area contributed by atoms with Crippen molar-refractivity contribution < 1.29 is 9.90 Å². The molecular formula is C25H25N3O2S2. The minimum absolute atomic E-state index is 0.0259. The Morgan fingerprint density at radius 2 is 2.03 bits per heavy atom. The topological polar surface area (TPSA) is 66.6 Å². The van der Waals surface area contributed by atoms with Crippen molar-refractivity contribution in [2.45, 2.75) is 39.2 Å². The predicted molar refractivity (Wildman–Crippen MR) is 136 cm³/mol. The van der Waals surface area contributed by atoms with Gasteiger partial charge in [0.15, 0.2) is 3.95 Å². The van der Waals surface area contributed by atoms with Gasteiger partial charge >= 0.3 is 0 Å². The molecule has 0 fully saturated rings. The summed E-state index contributed by atoms with van der Waals surface area (Å²) < 4.78 is 2.42. The monoisotopic (exact) mass is 463 g/mol. The number of aromatic nitrogens is 1. The number of anilines is 1. The van der Waals surface area contributed by atoms with Crippen molar-refractivity contribution in [3.8, 4) is 5.88 Å². The molecule has 0 unspecified atom stereocenters. The molecule has 32 heavy (non-hydrogen) atoms. The molecule has 2 aromatic carbocycles. The van der Waals surface area contributed by atoms with E-state index in [4.69, 9.17) is 12.2 Å². The molecule has 1 aromatic heterocycles. The van der Waals surface area contributed by atoms with E-state index in [9.17, 15) is 9.90 Å². The van der Waals surface area contributed by atoms with E-state index in [-0.39, 0.29) is 11.8 Å². The molecular weight excluding hydrogens is 438 g/mol. The normalized spacial score (nSPS) is 13.5. The fourth-order valence-corrected chi connectivity index (χ4v) is 4.99. The van der Waals surface area contributed by atoms with Crippen LogP contribution in [0.4, 0.5) is 11.4 Å². The predicted octanol–water partition coefficient (Wildman–Crippen LogP) is 6.75. The minimum atomic E-state index is 0.0259. The van der Waals surface area contributed by atoms with Crippen LogP contribution >= 0.6 is 23.6 Å². The molecule has 2 heterocycles. The lowest BCUT2D eigenvalue weighted by molar-refractivity contribution is -0.116. The third kappa shape index (κ3) is 5.23. The number of amides is 1. The van der Waals surface area contributed by atoms with Crippen LogP contribution in [0.2, 0.25) is 0 Å². The molecule has 0 spiro atoms. The summed E-state index contributed by atoms with van der Waals surface area (Å²) in [7, 11) is 0. The number of hydrogen-bond donors (Lipinski definition) is 2. The van der Waals surface area contributed by atoms with E-state index in [0.29, 0.717) is 16.9 Å². The summed E-state index contributed by atoms with van der Waals surface area (Å²) in [5.74, 6) is 0.223. The van der Waals surface area contributed by atoms with Crippen LogP contribution in [-0.2, 0) is 11.3 Å². The number of aryl methyl sites for hydroxylation is 1. The summed E-state index contributed by atoms with van der Waals surface area (Å²) in [5, 5.41) is 13.6. The summed E-state index contributed by atoms with van der Waals surface area (Å²) in [6, 6.07) is 15.7. The number of benzene rings is 2. The van der Waals surface area contributed by atoms with E-state index >= 15 is 0 Å². The quantitative estimate of drug-likeness (QED) is 0.287. The Morgan fingerprint density at radius 3 is 2.88 bits per heavy atom. The van der Waals surface area contributed by atoms with E-state index in [1.54, 1.807) is 4.57 Å². The molecule has 0 bridgehead atoms. The van der Waals surface area contributed by atoms with Crippen LogP contribution in [0, 0.1) is 10.9 Å². The molecule has 0 saturated heterocycles. The van der Waals surface area contributed by atoms with E-state index in [0.717, 1.165) is 52.2 Å². The van der Waals surface area contributed by atoms with Gasteiger partial charge in [-0.15, -0.1) is 11.3 Å². The zero-order valence-corrected chi connectivity index (χ0v) is 19.5. The molecule has 164 valence electrons. The van der Waals surface area contributed by atoms with Gasteiger partial charge < -0.3 is 10.4 Å². The smallest absolute Gasteiger partial charge is 0.224 e. The number of para-hydroxylation sites is 1. The Balaban J connectivity index is 1.29. The Morgan fingerprint density at radius 1 is 1.19 bits per heavy atom. The number of unbranched alkanes of at least 4 members (excludes halogenated alkanes) is 2. The molecule has 0 atom stereocenters. The van der Waals surface area contributed by atoms with Crippen molar-refractivity contribution >= 4 is 58.7 Å². The van der Waals surface area contributed by atoms with Gasteiger partial charge in [-0.1, -0.05) is 36.8 Å². The first kappa shape index (κ1) is 22.2. The van der Waals surface area contributed by atoms with E-state index in [1.807, 2.05) is 67.7 Å². The Kier molecular flexibility index (Phi) is 6.97. The third-order valence-corrected chi connectivity index (χ3v) is 6.71. The zero-order valence-electron chi connectivity index (χ0n) is 17.9. The highest BCUT2D eigenvalue weighted by Gasteiger charge is 2.15. The fourth-order valence-electron chi connectivity index (χ4n) is 3.68. The highest BCUT2D eigenvalue weighted by molar-refractivity contribution is 7.73. The summed E-state index contributed by atoms with van der Waals surface area (Å²) in [4.78, 5) is 17.3. The number of fused-ring (bicyclic) bond motifs is 1. The lowest BCUT2D eigenvalue weighted by Crippen LogP contribution is -2.11.